The molecule has 0 N–H and O–H groups in total. The van der Waals surface area contributed by atoms with E-state index in [4.69, 9.17) is 10.7 Å². The first-order chi connectivity index (χ1) is 8.31. The van der Waals surface area contributed by atoms with Crippen LogP contribution in [0.3, 0.4) is 0 Å². The van der Waals surface area contributed by atoms with Crippen molar-refractivity contribution in [2.45, 2.75) is 25.3 Å². The third kappa shape index (κ3) is 2.06. The number of benzene rings is 1. The number of nitrogens with zero attached hydrogens (tertiary/aromatic N) is 1. The zero-order valence-corrected chi connectivity index (χ0v) is 12.7. The van der Waals surface area contributed by atoms with E-state index in [2.05, 4.69) is 15.9 Å². The molecule has 0 aromatic heterocycles. The number of hydrogen-bond acceptors (Lipinski definition) is 3. The number of amides is 1. The lowest BCUT2D eigenvalue weighted by Crippen LogP contribution is -2.61. The Balaban J connectivity index is 2.50. The molecule has 2 rings (SSSR count). The topological polar surface area (TPSA) is 54.5 Å². The molecule has 0 saturated carbocycles. The first-order valence-electron chi connectivity index (χ1n) is 5.35. The third-order valence-electron chi connectivity index (χ3n) is 3.24. The summed E-state index contributed by atoms with van der Waals surface area (Å²) in [4.78, 5) is 11.5. The van der Waals surface area contributed by atoms with E-state index in [9.17, 15) is 13.2 Å². The van der Waals surface area contributed by atoms with Gasteiger partial charge in [-0.3, -0.25) is 4.79 Å². The first-order valence-corrected chi connectivity index (χ1v) is 8.41. The minimum Gasteiger partial charge on any atom is -0.274 e. The lowest BCUT2D eigenvalue weighted by Gasteiger charge is -2.49. The van der Waals surface area contributed by atoms with Crippen LogP contribution in [0.25, 0.3) is 0 Å². The van der Waals surface area contributed by atoms with Gasteiger partial charge in [-0.1, -0.05) is 35.0 Å². The predicted molar refractivity (Wildman–Crippen MR) is 72.3 cm³/mol. The molecule has 1 aliphatic heterocycles. The summed E-state index contributed by atoms with van der Waals surface area (Å²) >= 11 is 3.32. The van der Waals surface area contributed by atoms with Crippen LogP contribution < -0.4 is 0 Å². The van der Waals surface area contributed by atoms with Crippen molar-refractivity contribution in [3.8, 4) is 0 Å². The summed E-state index contributed by atoms with van der Waals surface area (Å²) in [7, 11) is 1.29. The fraction of sp³-hybridized carbons (Fsp3) is 0.364. The number of rotatable bonds is 3. The average molecular weight is 353 g/mol. The summed E-state index contributed by atoms with van der Waals surface area (Å²) in [6.45, 7) is 1.84. The largest absolute Gasteiger partial charge is 0.324 e. The van der Waals surface area contributed by atoms with Crippen LogP contribution in [-0.2, 0) is 19.6 Å². The number of β-lactam (4-membered cyclic amide) rings is 1. The third-order valence-corrected chi connectivity index (χ3v) is 5.18. The maximum absolute atomic E-state index is 11.5. The summed E-state index contributed by atoms with van der Waals surface area (Å²) in [6.07, 6.45) is 0.656. The minimum absolute atomic E-state index is 0.164. The van der Waals surface area contributed by atoms with Crippen LogP contribution in [0.2, 0.25) is 0 Å². The highest BCUT2D eigenvalue weighted by atomic mass is 79.9. The van der Waals surface area contributed by atoms with Gasteiger partial charge in [0, 0.05) is 15.2 Å². The number of hydrogen-bond donors (Lipinski definition) is 0. The molecule has 1 atom stereocenters. The second-order valence-electron chi connectivity index (χ2n) is 4.17. The van der Waals surface area contributed by atoms with Crippen LogP contribution in [0.4, 0.5) is 0 Å². The molecule has 1 aliphatic rings. The van der Waals surface area contributed by atoms with Crippen molar-refractivity contribution in [1.29, 1.82) is 0 Å². The van der Waals surface area contributed by atoms with Crippen molar-refractivity contribution in [1.82, 2.24) is 4.31 Å². The van der Waals surface area contributed by atoms with Gasteiger partial charge in [-0.05, 0) is 24.1 Å². The molecule has 1 fully saturated rings. The Hall–Kier alpha value is -0.590. The smallest absolute Gasteiger partial charge is 0.274 e. The van der Waals surface area contributed by atoms with Crippen molar-refractivity contribution in [2.24, 2.45) is 0 Å². The Kier molecular flexibility index (Phi) is 3.46. The highest BCUT2D eigenvalue weighted by molar-refractivity contribution is 9.10. The number of carbonyl (C=O) groups excluding carboxylic acids is 1. The maximum Gasteiger partial charge on any atom is 0.324 e. The van der Waals surface area contributed by atoms with E-state index in [1.54, 1.807) is 12.1 Å². The molecule has 1 unspecified atom stereocenters. The molecule has 98 valence electrons. The molecule has 1 aromatic rings. The normalized spacial score (nSPS) is 23.9. The van der Waals surface area contributed by atoms with E-state index in [-0.39, 0.29) is 6.42 Å². The van der Waals surface area contributed by atoms with Crippen LogP contribution in [0.5, 0.6) is 0 Å². The van der Waals surface area contributed by atoms with Crippen LogP contribution in [0.1, 0.15) is 25.3 Å². The van der Waals surface area contributed by atoms with E-state index in [0.29, 0.717) is 6.42 Å². The van der Waals surface area contributed by atoms with Gasteiger partial charge in [0.05, 0.1) is 12.0 Å². The summed E-state index contributed by atoms with van der Waals surface area (Å²) in [5.41, 5.74) is -0.0599. The van der Waals surface area contributed by atoms with Crippen molar-refractivity contribution >= 4 is 41.8 Å². The lowest BCUT2D eigenvalue weighted by molar-refractivity contribution is -0.146. The number of halogens is 2. The Labute approximate surface area is 119 Å². The van der Waals surface area contributed by atoms with E-state index in [1.165, 1.54) is 0 Å². The Morgan fingerprint density at radius 3 is 2.33 bits per heavy atom. The standard InChI is InChI=1S/C11H11BrClNO3S/c1-2-11(8-3-5-9(12)6-4-8)7-10(15)14(11)18(13,16)17/h3-6H,2,7H2,1H3. The highest BCUT2D eigenvalue weighted by Gasteiger charge is 2.56. The van der Waals surface area contributed by atoms with Gasteiger partial charge in [0.1, 0.15) is 0 Å². The zero-order valence-electron chi connectivity index (χ0n) is 9.56. The molecular weight excluding hydrogens is 342 g/mol. The molecular formula is C11H11BrClNO3S. The second kappa shape index (κ2) is 4.51. The van der Waals surface area contributed by atoms with Gasteiger partial charge < -0.3 is 0 Å². The van der Waals surface area contributed by atoms with Crippen LogP contribution in [-0.4, -0.2) is 18.6 Å². The van der Waals surface area contributed by atoms with Gasteiger partial charge in [-0.15, -0.1) is 0 Å². The molecule has 0 bridgehead atoms. The highest BCUT2D eigenvalue weighted by Crippen LogP contribution is 2.47. The first kappa shape index (κ1) is 13.8. The molecule has 1 heterocycles. The molecule has 0 radical (unpaired) electrons. The Bertz CT molecular complexity index is 587. The molecule has 18 heavy (non-hydrogen) atoms. The zero-order chi connectivity index (χ0) is 13.6. The van der Waals surface area contributed by atoms with Crippen LogP contribution in [0, 0.1) is 0 Å². The van der Waals surface area contributed by atoms with Gasteiger partial charge >= 0.3 is 9.24 Å². The van der Waals surface area contributed by atoms with Gasteiger partial charge in [0.15, 0.2) is 0 Å². The summed E-state index contributed by atoms with van der Waals surface area (Å²) in [6, 6.07) is 7.23. The summed E-state index contributed by atoms with van der Waals surface area (Å²) in [5, 5.41) is 0. The van der Waals surface area contributed by atoms with Gasteiger partial charge in [0.2, 0.25) is 5.91 Å². The van der Waals surface area contributed by atoms with Crippen molar-refractivity contribution in [2.75, 3.05) is 0 Å². The Morgan fingerprint density at radius 1 is 1.39 bits per heavy atom. The number of carbonyl (C=O) groups is 1. The van der Waals surface area contributed by atoms with Crippen molar-refractivity contribution in [3.05, 3.63) is 34.3 Å². The molecule has 1 saturated heterocycles. The van der Waals surface area contributed by atoms with Crippen molar-refractivity contribution in [3.63, 3.8) is 0 Å². The Morgan fingerprint density at radius 2 is 1.94 bits per heavy atom. The van der Waals surface area contributed by atoms with E-state index >= 15 is 0 Å². The molecule has 1 amide bonds. The summed E-state index contributed by atoms with van der Waals surface area (Å²) < 4.78 is 24.7. The SMILES string of the molecule is CCC1(c2ccc(Br)cc2)CC(=O)N1S(=O)(=O)Cl. The van der Waals surface area contributed by atoms with Gasteiger partial charge in [0.25, 0.3) is 0 Å². The van der Waals surface area contributed by atoms with Crippen LogP contribution >= 0.6 is 26.6 Å². The molecule has 1 aromatic carbocycles. The predicted octanol–water partition coefficient (Wildman–Crippen LogP) is 2.77. The minimum atomic E-state index is -4.05. The molecule has 0 aliphatic carbocycles. The van der Waals surface area contributed by atoms with Gasteiger partial charge in [-0.2, -0.15) is 8.42 Å². The monoisotopic (exact) mass is 351 g/mol. The van der Waals surface area contributed by atoms with E-state index < -0.39 is 20.7 Å². The quantitative estimate of drug-likeness (QED) is 0.621. The second-order valence-corrected chi connectivity index (χ2v) is 7.44. The van der Waals surface area contributed by atoms with E-state index in [1.807, 2.05) is 19.1 Å². The molecule has 7 heteroatoms. The van der Waals surface area contributed by atoms with Gasteiger partial charge in [-0.25, -0.2) is 4.31 Å². The lowest BCUT2D eigenvalue weighted by atomic mass is 9.78. The van der Waals surface area contributed by atoms with E-state index in [0.717, 1.165) is 14.3 Å². The van der Waals surface area contributed by atoms with Crippen LogP contribution in [0.15, 0.2) is 28.7 Å². The molecule has 0 spiro atoms. The molecule has 4 nitrogen and oxygen atoms in total. The fourth-order valence-electron chi connectivity index (χ4n) is 2.32. The fourth-order valence-corrected chi connectivity index (χ4v) is 4.24. The average Bonchev–Trinajstić information content (AvgIpc) is 2.24. The maximum atomic E-state index is 11.5. The summed E-state index contributed by atoms with van der Waals surface area (Å²) in [5.74, 6) is -0.463. The van der Waals surface area contributed by atoms with Crippen molar-refractivity contribution < 1.29 is 13.2 Å².